The van der Waals surface area contributed by atoms with Gasteiger partial charge in [0.05, 0.1) is 15.5 Å². The number of rotatable bonds is 4. The molecule has 0 spiro atoms. The lowest BCUT2D eigenvalue weighted by atomic mass is 10.1. The van der Waals surface area contributed by atoms with E-state index in [2.05, 4.69) is 20.9 Å². The molecular formula is C15H10BrNO3S. The molecule has 0 atom stereocenters. The molecule has 2 heterocycles. The summed E-state index contributed by atoms with van der Waals surface area (Å²) < 4.78 is 6.66. The summed E-state index contributed by atoms with van der Waals surface area (Å²) >= 11 is 4.94. The fourth-order valence-corrected chi connectivity index (χ4v) is 3.23. The highest BCUT2D eigenvalue weighted by Gasteiger charge is 2.16. The Morgan fingerprint density at radius 2 is 2.19 bits per heavy atom. The zero-order valence-corrected chi connectivity index (χ0v) is 13.1. The zero-order chi connectivity index (χ0) is 14.8. The number of fused-ring (bicyclic) bond motifs is 1. The highest BCUT2D eigenvalue weighted by molar-refractivity contribution is 9.11. The largest absolute Gasteiger partial charge is 0.486 e. The van der Waals surface area contributed by atoms with Crippen molar-refractivity contribution >= 4 is 44.1 Å². The van der Waals surface area contributed by atoms with Crippen molar-refractivity contribution in [2.45, 2.75) is 6.61 Å². The summed E-state index contributed by atoms with van der Waals surface area (Å²) in [6.07, 6.45) is 1.47. The Balaban J connectivity index is 1.97. The number of hydrogen-bond donors (Lipinski definition) is 1. The molecule has 4 nitrogen and oxygen atoms in total. The Morgan fingerprint density at radius 1 is 1.38 bits per heavy atom. The first-order chi connectivity index (χ1) is 10.1. The molecule has 0 fully saturated rings. The topological polar surface area (TPSA) is 59.4 Å². The van der Waals surface area contributed by atoms with E-state index in [1.807, 2.05) is 17.5 Å². The van der Waals surface area contributed by atoms with E-state index >= 15 is 0 Å². The number of nitrogens with zero attached hydrogens (tertiary/aromatic N) is 1. The SMILES string of the molecule is O=C(O)c1c(OCc2csc(Br)c2)cnc2ccccc12. The van der Waals surface area contributed by atoms with Gasteiger partial charge in [0.25, 0.3) is 0 Å². The number of ether oxygens (including phenoxy) is 1. The second-order valence-corrected chi connectivity index (χ2v) is 6.66. The van der Waals surface area contributed by atoms with Crippen molar-refractivity contribution in [3.63, 3.8) is 0 Å². The van der Waals surface area contributed by atoms with E-state index in [1.165, 1.54) is 6.20 Å². The molecule has 0 aliphatic heterocycles. The Bertz CT molecular complexity index is 816. The first-order valence-electron chi connectivity index (χ1n) is 6.12. The van der Waals surface area contributed by atoms with E-state index in [1.54, 1.807) is 29.5 Å². The van der Waals surface area contributed by atoms with Gasteiger partial charge in [-0.2, -0.15) is 0 Å². The highest BCUT2D eigenvalue weighted by atomic mass is 79.9. The van der Waals surface area contributed by atoms with Gasteiger partial charge in [-0.25, -0.2) is 4.79 Å². The molecule has 1 N–H and O–H groups in total. The average Bonchev–Trinajstić information content (AvgIpc) is 2.89. The van der Waals surface area contributed by atoms with Gasteiger partial charge in [0.2, 0.25) is 0 Å². The van der Waals surface area contributed by atoms with Crippen LogP contribution in [0.3, 0.4) is 0 Å². The minimum atomic E-state index is -1.02. The normalized spacial score (nSPS) is 10.7. The van der Waals surface area contributed by atoms with Crippen LogP contribution < -0.4 is 4.74 Å². The predicted molar refractivity (Wildman–Crippen MR) is 85.1 cm³/mol. The van der Waals surface area contributed by atoms with E-state index < -0.39 is 5.97 Å². The van der Waals surface area contributed by atoms with Crippen molar-refractivity contribution in [2.75, 3.05) is 0 Å². The van der Waals surface area contributed by atoms with Crippen molar-refractivity contribution in [3.8, 4) is 5.75 Å². The molecule has 1 aromatic carbocycles. The minimum Gasteiger partial charge on any atom is -0.486 e. The van der Waals surface area contributed by atoms with Crippen LogP contribution in [0.1, 0.15) is 15.9 Å². The average molecular weight is 364 g/mol. The molecular weight excluding hydrogens is 354 g/mol. The Hall–Kier alpha value is -1.92. The molecule has 0 amide bonds. The lowest BCUT2D eigenvalue weighted by molar-refractivity contribution is 0.0694. The lowest BCUT2D eigenvalue weighted by Gasteiger charge is -2.10. The van der Waals surface area contributed by atoms with Crippen LogP contribution in [-0.2, 0) is 6.61 Å². The Labute approximate surface area is 133 Å². The number of carboxylic acids is 1. The third-order valence-corrected chi connectivity index (χ3v) is 4.52. The third-order valence-electron chi connectivity index (χ3n) is 2.97. The van der Waals surface area contributed by atoms with Gasteiger partial charge in [-0.05, 0) is 33.4 Å². The smallest absolute Gasteiger partial charge is 0.340 e. The predicted octanol–water partition coefficient (Wildman–Crippen LogP) is 4.34. The number of para-hydroxylation sites is 1. The van der Waals surface area contributed by atoms with Crippen LogP contribution in [0.15, 0.2) is 45.7 Å². The van der Waals surface area contributed by atoms with Crippen molar-refractivity contribution in [1.29, 1.82) is 0 Å². The van der Waals surface area contributed by atoms with E-state index in [0.29, 0.717) is 17.5 Å². The number of halogens is 1. The number of hydrogen-bond acceptors (Lipinski definition) is 4. The summed E-state index contributed by atoms with van der Waals surface area (Å²) in [5, 5.41) is 12.0. The summed E-state index contributed by atoms with van der Waals surface area (Å²) in [6.45, 7) is 0.308. The molecule has 0 radical (unpaired) electrons. The fraction of sp³-hybridized carbons (Fsp3) is 0.0667. The molecule has 0 unspecified atom stereocenters. The molecule has 0 saturated heterocycles. The Morgan fingerprint density at radius 3 is 2.90 bits per heavy atom. The molecule has 2 aromatic heterocycles. The summed E-state index contributed by atoms with van der Waals surface area (Å²) in [7, 11) is 0. The molecule has 0 saturated carbocycles. The highest BCUT2D eigenvalue weighted by Crippen LogP contribution is 2.28. The van der Waals surface area contributed by atoms with Crippen LogP contribution in [0, 0.1) is 0 Å². The summed E-state index contributed by atoms with van der Waals surface area (Å²) in [4.78, 5) is 15.8. The van der Waals surface area contributed by atoms with E-state index in [0.717, 1.165) is 9.35 Å². The maximum Gasteiger partial charge on any atom is 0.340 e. The van der Waals surface area contributed by atoms with Crippen LogP contribution >= 0.6 is 27.3 Å². The maximum absolute atomic E-state index is 11.5. The molecule has 106 valence electrons. The van der Waals surface area contributed by atoms with Gasteiger partial charge in [-0.3, -0.25) is 4.98 Å². The van der Waals surface area contributed by atoms with Crippen LogP contribution in [0.2, 0.25) is 0 Å². The monoisotopic (exact) mass is 363 g/mol. The van der Waals surface area contributed by atoms with Crippen molar-refractivity contribution < 1.29 is 14.6 Å². The number of aromatic nitrogens is 1. The van der Waals surface area contributed by atoms with E-state index in [-0.39, 0.29) is 11.3 Å². The first-order valence-corrected chi connectivity index (χ1v) is 7.79. The van der Waals surface area contributed by atoms with Gasteiger partial charge < -0.3 is 9.84 Å². The lowest BCUT2D eigenvalue weighted by Crippen LogP contribution is -2.05. The molecule has 0 bridgehead atoms. The minimum absolute atomic E-state index is 0.148. The second kappa shape index (κ2) is 5.83. The second-order valence-electron chi connectivity index (χ2n) is 4.37. The van der Waals surface area contributed by atoms with Crippen LogP contribution in [0.4, 0.5) is 0 Å². The van der Waals surface area contributed by atoms with Gasteiger partial charge in [0.1, 0.15) is 12.2 Å². The summed E-state index contributed by atoms with van der Waals surface area (Å²) in [5.74, 6) is -0.737. The Kier molecular flexibility index (Phi) is 3.90. The first kappa shape index (κ1) is 14.0. The molecule has 3 aromatic rings. The van der Waals surface area contributed by atoms with Gasteiger partial charge in [-0.15, -0.1) is 11.3 Å². The van der Waals surface area contributed by atoms with Crippen molar-refractivity contribution in [3.05, 3.63) is 56.8 Å². The van der Waals surface area contributed by atoms with Gasteiger partial charge in [0.15, 0.2) is 5.75 Å². The molecule has 3 rings (SSSR count). The molecule has 0 aliphatic carbocycles. The summed E-state index contributed by atoms with van der Waals surface area (Å²) in [5.41, 5.74) is 1.77. The van der Waals surface area contributed by atoms with Crippen LogP contribution in [-0.4, -0.2) is 16.1 Å². The van der Waals surface area contributed by atoms with Gasteiger partial charge in [-0.1, -0.05) is 18.2 Å². The maximum atomic E-state index is 11.5. The molecule has 6 heteroatoms. The van der Waals surface area contributed by atoms with Gasteiger partial charge in [0, 0.05) is 10.9 Å². The quantitative estimate of drug-likeness (QED) is 0.748. The molecule has 0 aliphatic rings. The number of carboxylic acid groups (broad SMARTS) is 1. The number of pyridine rings is 1. The summed E-state index contributed by atoms with van der Waals surface area (Å²) in [6, 6.07) is 9.07. The number of aromatic carboxylic acids is 1. The zero-order valence-electron chi connectivity index (χ0n) is 10.7. The number of carbonyl (C=O) groups is 1. The van der Waals surface area contributed by atoms with Crippen molar-refractivity contribution in [1.82, 2.24) is 4.98 Å². The van der Waals surface area contributed by atoms with Crippen LogP contribution in [0.25, 0.3) is 10.9 Å². The number of thiophene rings is 1. The fourth-order valence-electron chi connectivity index (χ4n) is 2.04. The standard InChI is InChI=1S/C15H10BrNO3S/c16-13-5-9(8-21-13)7-20-12-6-17-11-4-2-1-3-10(11)14(12)15(18)19/h1-6,8H,7H2,(H,18,19). The number of benzene rings is 1. The van der Waals surface area contributed by atoms with Gasteiger partial charge >= 0.3 is 5.97 Å². The van der Waals surface area contributed by atoms with Crippen molar-refractivity contribution in [2.24, 2.45) is 0 Å². The van der Waals surface area contributed by atoms with E-state index in [4.69, 9.17) is 4.74 Å². The van der Waals surface area contributed by atoms with E-state index in [9.17, 15) is 9.90 Å². The molecule has 21 heavy (non-hydrogen) atoms. The van der Waals surface area contributed by atoms with Crippen LogP contribution in [0.5, 0.6) is 5.75 Å². The third kappa shape index (κ3) is 2.91.